The van der Waals surface area contributed by atoms with Gasteiger partial charge in [-0.05, 0) is 25.1 Å². The molecule has 0 aliphatic heterocycles. The summed E-state index contributed by atoms with van der Waals surface area (Å²) in [5.41, 5.74) is 8.30. The first-order valence-electron chi connectivity index (χ1n) is 6.94. The molecular formula is C17H18N2O3. The van der Waals surface area contributed by atoms with E-state index in [1.165, 1.54) is 0 Å². The van der Waals surface area contributed by atoms with Gasteiger partial charge in [0.2, 0.25) is 11.6 Å². The van der Waals surface area contributed by atoms with Crippen molar-refractivity contribution in [3.05, 3.63) is 60.4 Å². The molecule has 0 bridgehead atoms. The van der Waals surface area contributed by atoms with E-state index in [1.807, 2.05) is 30.3 Å². The molecule has 5 heteroatoms. The fourth-order valence-corrected chi connectivity index (χ4v) is 1.82. The number of benzene rings is 1. The van der Waals surface area contributed by atoms with Gasteiger partial charge in [-0.1, -0.05) is 30.3 Å². The number of carbonyl (C=O) groups is 1. The lowest BCUT2D eigenvalue weighted by atomic mass is 10.1. The molecule has 1 aromatic carbocycles. The van der Waals surface area contributed by atoms with E-state index < -0.39 is 5.97 Å². The third-order valence-corrected chi connectivity index (χ3v) is 2.94. The van der Waals surface area contributed by atoms with Crippen LogP contribution in [0.2, 0.25) is 0 Å². The van der Waals surface area contributed by atoms with E-state index in [1.54, 1.807) is 19.1 Å². The zero-order chi connectivity index (χ0) is 15.9. The van der Waals surface area contributed by atoms with Gasteiger partial charge in [-0.25, -0.2) is 9.78 Å². The molecule has 0 radical (unpaired) electrons. The Morgan fingerprint density at radius 1 is 1.23 bits per heavy atom. The summed E-state index contributed by atoms with van der Waals surface area (Å²) in [4.78, 5) is 15.8. The summed E-state index contributed by atoms with van der Waals surface area (Å²) in [6.07, 6.45) is 0. The molecule has 0 aliphatic carbocycles. The molecule has 0 fully saturated rings. The number of nitrogens with zero attached hydrogens (tertiary/aromatic N) is 1. The second-order valence-corrected chi connectivity index (χ2v) is 4.51. The molecule has 0 aliphatic rings. The normalized spacial score (nSPS) is 10.1. The predicted octanol–water partition coefficient (Wildman–Crippen LogP) is 2.66. The highest BCUT2D eigenvalue weighted by Crippen LogP contribution is 2.21. The Hall–Kier alpha value is -2.66. The summed E-state index contributed by atoms with van der Waals surface area (Å²) >= 11 is 0. The zero-order valence-corrected chi connectivity index (χ0v) is 12.4. The van der Waals surface area contributed by atoms with E-state index in [0.717, 1.165) is 16.8 Å². The molecule has 2 N–H and O–H groups in total. The molecule has 0 unspecified atom stereocenters. The quantitative estimate of drug-likeness (QED) is 0.504. The number of nitrogens with two attached hydrogens (primary N) is 1. The second-order valence-electron chi connectivity index (χ2n) is 4.51. The van der Waals surface area contributed by atoms with Crippen LogP contribution in [0.3, 0.4) is 0 Å². The SMILES string of the molecule is C=C(Oc1cccc(-c2ccc(CN)cc2)n1)C(=O)OCC. The van der Waals surface area contributed by atoms with Gasteiger partial charge in [0, 0.05) is 18.2 Å². The minimum absolute atomic E-state index is 0.0926. The Kier molecular flexibility index (Phi) is 5.27. The van der Waals surface area contributed by atoms with Gasteiger partial charge in [-0.2, -0.15) is 0 Å². The Morgan fingerprint density at radius 3 is 2.59 bits per heavy atom. The molecule has 114 valence electrons. The van der Waals surface area contributed by atoms with Crippen LogP contribution < -0.4 is 10.5 Å². The van der Waals surface area contributed by atoms with Gasteiger partial charge < -0.3 is 15.2 Å². The number of ether oxygens (including phenoxy) is 2. The summed E-state index contributed by atoms with van der Waals surface area (Å²) < 4.78 is 10.1. The smallest absolute Gasteiger partial charge is 0.373 e. The highest BCUT2D eigenvalue weighted by atomic mass is 16.6. The fraction of sp³-hybridized carbons (Fsp3) is 0.176. The summed E-state index contributed by atoms with van der Waals surface area (Å²) in [6.45, 7) is 6.02. The van der Waals surface area contributed by atoms with Crippen LogP contribution in [0.4, 0.5) is 0 Å². The first-order chi connectivity index (χ1) is 10.6. The number of carbonyl (C=O) groups excluding carboxylic acids is 1. The molecular weight excluding hydrogens is 280 g/mol. The lowest BCUT2D eigenvalue weighted by Gasteiger charge is -2.08. The Balaban J connectivity index is 2.15. The monoisotopic (exact) mass is 298 g/mol. The third-order valence-electron chi connectivity index (χ3n) is 2.94. The van der Waals surface area contributed by atoms with E-state index in [-0.39, 0.29) is 12.4 Å². The van der Waals surface area contributed by atoms with Crippen molar-refractivity contribution >= 4 is 5.97 Å². The van der Waals surface area contributed by atoms with Gasteiger partial charge in [-0.3, -0.25) is 0 Å². The molecule has 1 aromatic heterocycles. The molecule has 1 heterocycles. The molecule has 22 heavy (non-hydrogen) atoms. The van der Waals surface area contributed by atoms with Crippen LogP contribution >= 0.6 is 0 Å². The van der Waals surface area contributed by atoms with E-state index in [2.05, 4.69) is 11.6 Å². The largest absolute Gasteiger partial charge is 0.460 e. The molecule has 2 aromatic rings. The van der Waals surface area contributed by atoms with Crippen molar-refractivity contribution in [1.82, 2.24) is 4.98 Å². The molecule has 0 atom stereocenters. The van der Waals surface area contributed by atoms with Crippen molar-refractivity contribution in [3.8, 4) is 17.1 Å². The van der Waals surface area contributed by atoms with Crippen LogP contribution in [0.5, 0.6) is 5.88 Å². The number of rotatable bonds is 6. The van der Waals surface area contributed by atoms with Crippen LogP contribution in [0, 0.1) is 0 Å². The Labute approximate surface area is 129 Å². The molecule has 0 amide bonds. The summed E-state index contributed by atoms with van der Waals surface area (Å²) in [6, 6.07) is 13.1. The van der Waals surface area contributed by atoms with E-state index in [9.17, 15) is 4.79 Å². The lowest BCUT2D eigenvalue weighted by molar-refractivity contribution is -0.141. The number of aromatic nitrogens is 1. The van der Waals surface area contributed by atoms with E-state index in [4.69, 9.17) is 15.2 Å². The zero-order valence-electron chi connectivity index (χ0n) is 12.4. The van der Waals surface area contributed by atoms with Crippen LogP contribution in [-0.4, -0.2) is 17.6 Å². The predicted molar refractivity (Wildman–Crippen MR) is 84.0 cm³/mol. The van der Waals surface area contributed by atoms with Crippen LogP contribution in [-0.2, 0) is 16.1 Å². The maximum absolute atomic E-state index is 11.5. The Bertz CT molecular complexity index is 666. The fourth-order valence-electron chi connectivity index (χ4n) is 1.82. The first-order valence-corrected chi connectivity index (χ1v) is 6.94. The van der Waals surface area contributed by atoms with E-state index >= 15 is 0 Å². The number of pyridine rings is 1. The van der Waals surface area contributed by atoms with Crippen molar-refractivity contribution in [2.24, 2.45) is 5.73 Å². The Morgan fingerprint density at radius 2 is 1.95 bits per heavy atom. The first kappa shape index (κ1) is 15.7. The minimum Gasteiger partial charge on any atom is -0.460 e. The second kappa shape index (κ2) is 7.38. The van der Waals surface area contributed by atoms with Crippen molar-refractivity contribution < 1.29 is 14.3 Å². The average Bonchev–Trinajstić information content (AvgIpc) is 2.55. The summed E-state index contributed by atoms with van der Waals surface area (Å²) in [7, 11) is 0. The van der Waals surface area contributed by atoms with Crippen molar-refractivity contribution in [1.29, 1.82) is 0 Å². The van der Waals surface area contributed by atoms with Crippen LogP contribution in [0.15, 0.2) is 54.8 Å². The van der Waals surface area contributed by atoms with Gasteiger partial charge in [0.25, 0.3) is 0 Å². The minimum atomic E-state index is -0.595. The molecule has 2 rings (SSSR count). The maximum atomic E-state index is 11.5. The highest BCUT2D eigenvalue weighted by Gasteiger charge is 2.11. The lowest BCUT2D eigenvalue weighted by Crippen LogP contribution is -2.12. The van der Waals surface area contributed by atoms with Gasteiger partial charge >= 0.3 is 5.97 Å². The molecule has 0 saturated heterocycles. The van der Waals surface area contributed by atoms with Crippen molar-refractivity contribution in [3.63, 3.8) is 0 Å². The maximum Gasteiger partial charge on any atom is 0.373 e. The summed E-state index contributed by atoms with van der Waals surface area (Å²) in [5, 5.41) is 0. The van der Waals surface area contributed by atoms with Gasteiger partial charge in [0.1, 0.15) is 0 Å². The average molecular weight is 298 g/mol. The van der Waals surface area contributed by atoms with Crippen LogP contribution in [0.25, 0.3) is 11.3 Å². The van der Waals surface area contributed by atoms with Gasteiger partial charge in [-0.15, -0.1) is 0 Å². The molecule has 0 saturated carbocycles. The summed E-state index contributed by atoms with van der Waals surface area (Å²) in [5.74, 6) is -0.398. The van der Waals surface area contributed by atoms with Gasteiger partial charge in [0.05, 0.1) is 12.3 Å². The molecule has 0 spiro atoms. The van der Waals surface area contributed by atoms with Crippen molar-refractivity contribution in [2.45, 2.75) is 13.5 Å². The number of hydrogen-bond donors (Lipinski definition) is 1. The third kappa shape index (κ3) is 3.93. The number of esters is 1. The number of hydrogen-bond acceptors (Lipinski definition) is 5. The van der Waals surface area contributed by atoms with E-state index in [0.29, 0.717) is 12.4 Å². The van der Waals surface area contributed by atoms with Crippen LogP contribution in [0.1, 0.15) is 12.5 Å². The molecule has 5 nitrogen and oxygen atoms in total. The van der Waals surface area contributed by atoms with Crippen molar-refractivity contribution in [2.75, 3.05) is 6.61 Å². The standard InChI is InChI=1S/C17H18N2O3/c1-3-21-17(20)12(2)22-16-6-4-5-15(19-16)14-9-7-13(11-18)8-10-14/h4-10H,2-3,11,18H2,1H3. The highest BCUT2D eigenvalue weighted by molar-refractivity contribution is 5.85. The topological polar surface area (TPSA) is 74.4 Å². The van der Waals surface area contributed by atoms with Gasteiger partial charge in [0.15, 0.2) is 0 Å².